The lowest BCUT2D eigenvalue weighted by molar-refractivity contribution is -0.384. The van der Waals surface area contributed by atoms with Crippen molar-refractivity contribution in [2.45, 2.75) is 37.6 Å². The van der Waals surface area contributed by atoms with Crippen LogP contribution < -0.4 is 5.32 Å². The lowest BCUT2D eigenvalue weighted by Crippen LogP contribution is -2.60. The molecule has 5 atom stereocenters. The Hall–Kier alpha value is -1.78. The molecule has 1 fully saturated rings. The summed E-state index contributed by atoms with van der Waals surface area (Å²) in [6.07, 6.45) is -6.60. The largest absolute Gasteiger partial charge is 0.394 e. The summed E-state index contributed by atoms with van der Waals surface area (Å²) in [6.45, 7) is 1.16. The summed E-state index contributed by atoms with van der Waals surface area (Å²) in [6, 6.07) is 4.15. The normalized spacial score (nSPS) is 31.8. The molecule has 22 heavy (non-hydrogen) atoms. The molecular formula is C13H18N2O7. The summed E-state index contributed by atoms with van der Waals surface area (Å²) in [5.74, 6) is 0. The predicted molar refractivity (Wildman–Crippen MR) is 75.2 cm³/mol. The Morgan fingerprint density at radius 2 is 1.95 bits per heavy atom. The molecule has 0 radical (unpaired) electrons. The maximum Gasteiger partial charge on any atom is 0.271 e. The van der Waals surface area contributed by atoms with Crippen molar-refractivity contribution in [3.63, 3.8) is 0 Å². The molecule has 122 valence electrons. The molecule has 5 N–H and O–H groups in total. The van der Waals surface area contributed by atoms with E-state index in [1.165, 1.54) is 18.2 Å². The van der Waals surface area contributed by atoms with E-state index in [1.807, 2.05) is 0 Å². The number of non-ortho nitro benzene ring substituents is 1. The summed E-state index contributed by atoms with van der Waals surface area (Å²) in [5.41, 5.74) is 0.874. The molecular weight excluding hydrogens is 296 g/mol. The second kappa shape index (κ2) is 6.55. The summed E-state index contributed by atoms with van der Waals surface area (Å²) in [7, 11) is 0. The highest BCUT2D eigenvalue weighted by Gasteiger charge is 2.43. The number of hydrogen-bond acceptors (Lipinski definition) is 8. The summed E-state index contributed by atoms with van der Waals surface area (Å²) in [4.78, 5) is 10.2. The summed E-state index contributed by atoms with van der Waals surface area (Å²) in [5, 5.41) is 52.0. The van der Waals surface area contributed by atoms with Crippen LogP contribution in [0.25, 0.3) is 0 Å². The van der Waals surface area contributed by atoms with Gasteiger partial charge in [-0.3, -0.25) is 10.1 Å². The van der Waals surface area contributed by atoms with Crippen molar-refractivity contribution in [3.05, 3.63) is 33.9 Å². The molecule has 0 saturated carbocycles. The SMILES string of the molecule is Cc1ccc([N+](=O)[O-])cc1N[C@@H]1O[C@H](CO)[C@H](O)[C@H](O)[C@H]1O. The lowest BCUT2D eigenvalue weighted by Gasteiger charge is -2.40. The van der Waals surface area contributed by atoms with Crippen LogP contribution in [0.5, 0.6) is 0 Å². The van der Waals surface area contributed by atoms with Crippen molar-refractivity contribution in [2.75, 3.05) is 11.9 Å². The van der Waals surface area contributed by atoms with Gasteiger partial charge in [-0.25, -0.2) is 0 Å². The molecule has 1 saturated heterocycles. The average Bonchev–Trinajstić information content (AvgIpc) is 2.49. The standard InChI is InChI=1S/C13H18N2O7/c1-6-2-3-7(15(20)21)4-8(6)14-13-12(19)11(18)10(17)9(5-16)22-13/h2-4,9-14,16-19H,5H2,1H3/t9-,10+,11+,12-,13-/m1/s1. The molecule has 9 heteroatoms. The number of nitro groups is 1. The van der Waals surface area contributed by atoms with Crippen LogP contribution in [0.15, 0.2) is 18.2 Å². The molecule has 0 spiro atoms. The van der Waals surface area contributed by atoms with Crippen LogP contribution in [0, 0.1) is 17.0 Å². The molecule has 0 bridgehead atoms. The third kappa shape index (κ3) is 3.18. The van der Waals surface area contributed by atoms with E-state index in [4.69, 9.17) is 9.84 Å². The Morgan fingerprint density at radius 3 is 2.55 bits per heavy atom. The number of nitro benzene ring substituents is 1. The van der Waals surface area contributed by atoms with Gasteiger partial charge in [-0.1, -0.05) is 6.07 Å². The zero-order chi connectivity index (χ0) is 16.4. The first-order valence-electron chi connectivity index (χ1n) is 6.67. The number of hydrogen-bond donors (Lipinski definition) is 5. The second-order valence-corrected chi connectivity index (χ2v) is 5.15. The van der Waals surface area contributed by atoms with Gasteiger partial charge in [-0.15, -0.1) is 0 Å². The Morgan fingerprint density at radius 1 is 1.27 bits per heavy atom. The van der Waals surface area contributed by atoms with E-state index in [9.17, 15) is 25.4 Å². The van der Waals surface area contributed by atoms with E-state index in [0.717, 1.165) is 0 Å². The van der Waals surface area contributed by atoms with Crippen LogP contribution >= 0.6 is 0 Å². The van der Waals surface area contributed by atoms with Gasteiger partial charge in [0.25, 0.3) is 5.69 Å². The number of ether oxygens (including phenoxy) is 1. The smallest absolute Gasteiger partial charge is 0.271 e. The van der Waals surface area contributed by atoms with Crippen molar-refractivity contribution >= 4 is 11.4 Å². The van der Waals surface area contributed by atoms with Crippen molar-refractivity contribution in [2.24, 2.45) is 0 Å². The fourth-order valence-corrected chi connectivity index (χ4v) is 2.25. The first-order chi connectivity index (χ1) is 10.3. The van der Waals surface area contributed by atoms with Crippen LogP contribution in [0.3, 0.4) is 0 Å². The highest BCUT2D eigenvalue weighted by Crippen LogP contribution is 2.27. The molecule has 1 aromatic rings. The van der Waals surface area contributed by atoms with Crippen LogP contribution in [0.4, 0.5) is 11.4 Å². The number of aliphatic hydroxyl groups is 4. The Kier molecular flexibility index (Phi) is 4.94. The highest BCUT2D eigenvalue weighted by atomic mass is 16.6. The third-order valence-corrected chi connectivity index (χ3v) is 3.62. The van der Waals surface area contributed by atoms with E-state index in [-0.39, 0.29) is 5.69 Å². The van der Waals surface area contributed by atoms with Gasteiger partial charge in [0.2, 0.25) is 0 Å². The zero-order valence-corrected chi connectivity index (χ0v) is 11.8. The predicted octanol–water partition coefficient (Wildman–Crippen LogP) is -0.885. The maximum absolute atomic E-state index is 10.8. The first-order valence-corrected chi connectivity index (χ1v) is 6.67. The van der Waals surface area contributed by atoms with Crippen LogP contribution in [-0.2, 0) is 4.74 Å². The Balaban J connectivity index is 2.22. The molecule has 1 aromatic carbocycles. The first kappa shape index (κ1) is 16.6. The molecule has 1 aliphatic rings. The van der Waals surface area contributed by atoms with Gasteiger partial charge < -0.3 is 30.5 Å². The van der Waals surface area contributed by atoms with Crippen molar-refractivity contribution < 1.29 is 30.1 Å². The summed E-state index contributed by atoms with van der Waals surface area (Å²) < 4.78 is 5.30. The Labute approximate surface area is 125 Å². The zero-order valence-electron chi connectivity index (χ0n) is 11.8. The van der Waals surface area contributed by atoms with Gasteiger partial charge in [0.15, 0.2) is 6.23 Å². The number of rotatable bonds is 4. The molecule has 2 rings (SSSR count). The number of nitrogens with zero attached hydrogens (tertiary/aromatic N) is 1. The van der Waals surface area contributed by atoms with Gasteiger partial charge in [0, 0.05) is 17.8 Å². The Bertz CT molecular complexity index is 551. The fourth-order valence-electron chi connectivity index (χ4n) is 2.25. The number of anilines is 1. The molecule has 1 aliphatic heterocycles. The number of aryl methyl sites for hydroxylation is 1. The number of aliphatic hydroxyl groups excluding tert-OH is 4. The van der Waals surface area contributed by atoms with Gasteiger partial charge >= 0.3 is 0 Å². The molecule has 0 amide bonds. The minimum atomic E-state index is -1.51. The van der Waals surface area contributed by atoms with E-state index in [1.54, 1.807) is 6.92 Å². The molecule has 0 aromatic heterocycles. The van der Waals surface area contributed by atoms with Gasteiger partial charge in [0.05, 0.1) is 11.5 Å². The molecule has 9 nitrogen and oxygen atoms in total. The van der Waals surface area contributed by atoms with E-state index < -0.39 is 42.2 Å². The number of nitrogens with one attached hydrogen (secondary N) is 1. The molecule has 0 unspecified atom stereocenters. The average molecular weight is 314 g/mol. The van der Waals surface area contributed by atoms with Crippen molar-refractivity contribution in [1.29, 1.82) is 0 Å². The summed E-state index contributed by atoms with van der Waals surface area (Å²) >= 11 is 0. The minimum absolute atomic E-state index is 0.141. The molecule has 1 heterocycles. The number of benzene rings is 1. The van der Waals surface area contributed by atoms with Crippen LogP contribution in [0.2, 0.25) is 0 Å². The van der Waals surface area contributed by atoms with E-state index in [2.05, 4.69) is 5.32 Å². The molecule has 0 aliphatic carbocycles. The van der Waals surface area contributed by atoms with E-state index >= 15 is 0 Å². The maximum atomic E-state index is 10.8. The third-order valence-electron chi connectivity index (χ3n) is 3.62. The van der Waals surface area contributed by atoms with Crippen molar-refractivity contribution in [3.8, 4) is 0 Å². The quantitative estimate of drug-likeness (QED) is 0.355. The van der Waals surface area contributed by atoms with Crippen molar-refractivity contribution in [1.82, 2.24) is 0 Å². The highest BCUT2D eigenvalue weighted by molar-refractivity contribution is 5.57. The minimum Gasteiger partial charge on any atom is -0.394 e. The second-order valence-electron chi connectivity index (χ2n) is 5.15. The van der Waals surface area contributed by atoms with Gasteiger partial charge in [-0.2, -0.15) is 0 Å². The van der Waals surface area contributed by atoms with Gasteiger partial charge in [0.1, 0.15) is 24.4 Å². The van der Waals surface area contributed by atoms with Crippen LogP contribution in [-0.4, -0.2) is 62.6 Å². The lowest BCUT2D eigenvalue weighted by atomic mass is 9.98. The fraction of sp³-hybridized carbons (Fsp3) is 0.538. The topological polar surface area (TPSA) is 145 Å². The van der Waals surface area contributed by atoms with Crippen LogP contribution in [0.1, 0.15) is 5.56 Å². The van der Waals surface area contributed by atoms with E-state index in [0.29, 0.717) is 11.3 Å². The van der Waals surface area contributed by atoms with Gasteiger partial charge in [-0.05, 0) is 12.5 Å². The monoisotopic (exact) mass is 314 g/mol.